The molecule has 0 spiro atoms. The molecule has 0 N–H and O–H groups in total. The van der Waals surface area contributed by atoms with Crippen molar-refractivity contribution in [2.24, 2.45) is 22.7 Å². The molecule has 0 radical (unpaired) electrons. The van der Waals surface area contributed by atoms with Gasteiger partial charge in [-0.2, -0.15) is 10.5 Å². The molecule has 2 aliphatic rings. The summed E-state index contributed by atoms with van der Waals surface area (Å²) in [6.45, 7) is 2.27. The lowest BCUT2D eigenvalue weighted by Gasteiger charge is -2.32. The Labute approximate surface area is 255 Å². The van der Waals surface area contributed by atoms with Crippen molar-refractivity contribution in [1.29, 1.82) is 10.5 Å². The molecule has 1 aliphatic carbocycles. The van der Waals surface area contributed by atoms with E-state index < -0.39 is 5.92 Å². The van der Waals surface area contributed by atoms with Crippen molar-refractivity contribution in [3.63, 3.8) is 0 Å². The number of allylic oxidation sites excluding steroid dienone is 5. The van der Waals surface area contributed by atoms with E-state index in [0.29, 0.717) is 12.0 Å². The van der Waals surface area contributed by atoms with Gasteiger partial charge in [-0.15, -0.1) is 0 Å². The Morgan fingerprint density at radius 1 is 0.705 bits per heavy atom. The van der Waals surface area contributed by atoms with Crippen LogP contribution in [-0.2, 0) is 0 Å². The highest BCUT2D eigenvalue weighted by molar-refractivity contribution is 6.15. The number of para-hydroxylation sites is 4. The Hall–Kier alpha value is -5.65. The standard InChI is InChI=1S/C39H29N5/c1-25-11-10-20-42-39(44-35-18-8-4-14-30(35)31-15-5-9-19-36(31)44)38(25)32-21-26(23-40)27(24-41)22-37(32)43-33-16-6-2-12-28(33)29-13-3-7-17-34(29)43/h2-10,12-21,25,27,38H,11,22H2,1H3/t25-,27?,38?/m1/s1. The first kappa shape index (κ1) is 26.0. The molecule has 5 nitrogen and oxygen atoms in total. The van der Waals surface area contributed by atoms with Gasteiger partial charge in [-0.3, -0.25) is 4.57 Å². The first-order valence-electron chi connectivity index (χ1n) is 15.1. The summed E-state index contributed by atoms with van der Waals surface area (Å²) in [5.74, 6) is 0.454. The fourth-order valence-electron chi connectivity index (χ4n) is 7.39. The summed E-state index contributed by atoms with van der Waals surface area (Å²) < 4.78 is 4.65. The maximum atomic E-state index is 10.3. The number of hydrogen-bond acceptors (Lipinski definition) is 3. The van der Waals surface area contributed by atoms with E-state index in [1.807, 2.05) is 12.3 Å². The monoisotopic (exact) mass is 567 g/mol. The summed E-state index contributed by atoms with van der Waals surface area (Å²) in [7, 11) is 0. The number of rotatable bonds is 2. The van der Waals surface area contributed by atoms with Crippen LogP contribution in [0.2, 0.25) is 0 Å². The van der Waals surface area contributed by atoms with Crippen LogP contribution in [0.1, 0.15) is 19.8 Å². The van der Waals surface area contributed by atoms with Crippen molar-refractivity contribution in [1.82, 2.24) is 9.13 Å². The summed E-state index contributed by atoms with van der Waals surface area (Å²) >= 11 is 0. The molecule has 0 amide bonds. The van der Waals surface area contributed by atoms with Crippen LogP contribution in [0.3, 0.4) is 0 Å². The quantitative estimate of drug-likeness (QED) is 0.209. The molecule has 210 valence electrons. The van der Waals surface area contributed by atoms with Gasteiger partial charge in [0, 0.05) is 51.4 Å². The normalized spacial score (nSPS) is 20.5. The van der Waals surface area contributed by atoms with Gasteiger partial charge in [0.1, 0.15) is 5.84 Å². The lowest BCUT2D eigenvalue weighted by atomic mass is 9.77. The molecule has 2 aromatic heterocycles. The topological polar surface area (TPSA) is 69.8 Å². The molecule has 44 heavy (non-hydrogen) atoms. The molecule has 0 fully saturated rings. The number of aromatic nitrogens is 2. The van der Waals surface area contributed by atoms with E-state index >= 15 is 0 Å². The number of benzene rings is 4. The Morgan fingerprint density at radius 3 is 1.70 bits per heavy atom. The highest BCUT2D eigenvalue weighted by atomic mass is 15.1. The largest absolute Gasteiger partial charge is 0.313 e. The van der Waals surface area contributed by atoms with Crippen molar-refractivity contribution in [2.45, 2.75) is 19.8 Å². The molecule has 1 aliphatic heterocycles. The average Bonchev–Trinajstić information content (AvgIpc) is 3.51. The Balaban J connectivity index is 1.48. The molecule has 0 saturated carbocycles. The van der Waals surface area contributed by atoms with Crippen LogP contribution in [0.4, 0.5) is 0 Å². The van der Waals surface area contributed by atoms with Crippen molar-refractivity contribution < 1.29 is 0 Å². The minimum atomic E-state index is -0.522. The summed E-state index contributed by atoms with van der Waals surface area (Å²) in [5.41, 5.74) is 7.03. The van der Waals surface area contributed by atoms with Crippen LogP contribution in [0.15, 0.2) is 132 Å². The number of nitriles is 2. The lowest BCUT2D eigenvalue weighted by molar-refractivity contribution is 0.508. The molecule has 2 unspecified atom stereocenters. The third kappa shape index (κ3) is 3.80. The van der Waals surface area contributed by atoms with Gasteiger partial charge in [0.2, 0.25) is 0 Å². The summed E-state index contributed by atoms with van der Waals surface area (Å²) in [5, 5.41) is 25.2. The zero-order valence-electron chi connectivity index (χ0n) is 24.4. The average molecular weight is 568 g/mol. The van der Waals surface area contributed by atoms with E-state index in [4.69, 9.17) is 4.99 Å². The molecule has 4 aromatic carbocycles. The van der Waals surface area contributed by atoms with Gasteiger partial charge in [-0.05, 0) is 48.3 Å². The zero-order valence-corrected chi connectivity index (χ0v) is 24.4. The van der Waals surface area contributed by atoms with Gasteiger partial charge in [0.15, 0.2) is 0 Å². The van der Waals surface area contributed by atoms with Gasteiger partial charge in [-0.25, -0.2) is 4.99 Å². The smallest absolute Gasteiger partial charge is 0.121 e. The molecule has 3 heterocycles. The summed E-state index contributed by atoms with van der Waals surface area (Å²) in [4.78, 5) is 5.18. The minimum absolute atomic E-state index is 0.137. The summed E-state index contributed by atoms with van der Waals surface area (Å²) in [6, 6.07) is 38.8. The predicted octanol–water partition coefficient (Wildman–Crippen LogP) is 9.22. The van der Waals surface area contributed by atoms with Crippen LogP contribution in [0, 0.1) is 40.4 Å². The highest BCUT2D eigenvalue weighted by Gasteiger charge is 2.36. The number of fused-ring (bicyclic) bond motifs is 6. The highest BCUT2D eigenvalue weighted by Crippen LogP contribution is 2.44. The third-order valence-corrected chi connectivity index (χ3v) is 9.36. The SMILES string of the molecule is C[C@@H]1CC=CN=C(n2c3ccccc3c3ccccc32)C1C1=C(n2c3ccccc3c3ccccc32)CC(C#N)C(C#N)=C1. The Kier molecular flexibility index (Phi) is 6.07. The van der Waals surface area contributed by atoms with Crippen LogP contribution in [0.25, 0.3) is 49.3 Å². The van der Waals surface area contributed by atoms with E-state index in [1.165, 1.54) is 21.5 Å². The van der Waals surface area contributed by atoms with Crippen LogP contribution < -0.4 is 0 Å². The van der Waals surface area contributed by atoms with Crippen molar-refractivity contribution in [3.8, 4) is 12.1 Å². The van der Waals surface area contributed by atoms with Crippen molar-refractivity contribution in [3.05, 3.63) is 127 Å². The predicted molar refractivity (Wildman–Crippen MR) is 179 cm³/mol. The summed E-state index contributed by atoms with van der Waals surface area (Å²) in [6.07, 6.45) is 7.38. The van der Waals surface area contributed by atoms with E-state index in [0.717, 1.165) is 45.6 Å². The lowest BCUT2D eigenvalue weighted by Crippen LogP contribution is -2.31. The molecule has 5 heteroatoms. The molecule has 0 bridgehead atoms. The van der Waals surface area contributed by atoms with E-state index in [-0.39, 0.29) is 11.8 Å². The minimum Gasteiger partial charge on any atom is -0.313 e. The second-order valence-electron chi connectivity index (χ2n) is 11.8. The Morgan fingerprint density at radius 2 is 1.20 bits per heavy atom. The van der Waals surface area contributed by atoms with Gasteiger partial charge < -0.3 is 4.57 Å². The second-order valence-corrected chi connectivity index (χ2v) is 11.8. The molecule has 3 atom stereocenters. The fraction of sp³-hybridized carbons (Fsp3) is 0.154. The fourth-order valence-corrected chi connectivity index (χ4v) is 7.39. The first-order valence-corrected chi connectivity index (χ1v) is 15.1. The van der Waals surface area contributed by atoms with E-state index in [1.54, 1.807) is 0 Å². The molecule has 8 rings (SSSR count). The van der Waals surface area contributed by atoms with Crippen LogP contribution in [-0.4, -0.2) is 15.0 Å². The van der Waals surface area contributed by atoms with Gasteiger partial charge in [-0.1, -0.05) is 85.8 Å². The van der Waals surface area contributed by atoms with Crippen LogP contribution in [0.5, 0.6) is 0 Å². The van der Waals surface area contributed by atoms with Gasteiger partial charge in [0.25, 0.3) is 0 Å². The molecule has 6 aromatic rings. The number of nitrogens with zero attached hydrogens (tertiary/aromatic N) is 5. The van der Waals surface area contributed by atoms with Gasteiger partial charge in [0.05, 0.1) is 40.1 Å². The third-order valence-electron chi connectivity index (χ3n) is 9.36. The van der Waals surface area contributed by atoms with Crippen LogP contribution >= 0.6 is 0 Å². The maximum Gasteiger partial charge on any atom is 0.121 e. The number of hydrogen-bond donors (Lipinski definition) is 0. The van der Waals surface area contributed by atoms with Crippen molar-refractivity contribution in [2.75, 3.05) is 0 Å². The maximum absolute atomic E-state index is 10.3. The Bertz CT molecular complexity index is 2240. The zero-order chi connectivity index (χ0) is 29.8. The molecular formula is C39H29N5. The second kappa shape index (κ2) is 10.3. The van der Waals surface area contributed by atoms with Crippen molar-refractivity contribution >= 4 is 55.1 Å². The van der Waals surface area contributed by atoms with E-state index in [9.17, 15) is 10.5 Å². The first-order chi connectivity index (χ1) is 21.7. The van der Waals surface area contributed by atoms with E-state index in [2.05, 4.69) is 131 Å². The van der Waals surface area contributed by atoms with Gasteiger partial charge >= 0.3 is 0 Å². The molecular weight excluding hydrogens is 538 g/mol. The number of aliphatic imine (C=N–C) groups is 1. The molecule has 0 saturated heterocycles.